The van der Waals surface area contributed by atoms with Crippen molar-refractivity contribution >= 4 is 17.6 Å². The second-order valence-corrected chi connectivity index (χ2v) is 5.41. The van der Waals surface area contributed by atoms with Crippen molar-refractivity contribution in [3.8, 4) is 0 Å². The van der Waals surface area contributed by atoms with Crippen molar-refractivity contribution in [2.24, 2.45) is 11.7 Å². The van der Waals surface area contributed by atoms with Crippen molar-refractivity contribution in [2.45, 2.75) is 33.2 Å². The van der Waals surface area contributed by atoms with Crippen LogP contribution in [-0.2, 0) is 16.0 Å². The molecule has 3 N–H and O–H groups in total. The Hall–Kier alpha value is -2.08. The van der Waals surface area contributed by atoms with Crippen LogP contribution in [0.25, 0.3) is 0 Å². The molecule has 0 radical (unpaired) electrons. The number of hydrogen-bond acceptors (Lipinski definition) is 5. The second kappa shape index (κ2) is 6.13. The lowest BCUT2D eigenvalue weighted by molar-refractivity contribution is -0.121. The first kappa shape index (κ1) is 15.3. The Kier molecular flexibility index (Phi) is 4.47. The summed E-state index contributed by atoms with van der Waals surface area (Å²) < 4.78 is 5.19. The summed E-state index contributed by atoms with van der Waals surface area (Å²) in [4.78, 5) is 23.5. The van der Waals surface area contributed by atoms with Crippen LogP contribution in [0.15, 0.2) is 18.2 Å². The number of nitrogens with one attached hydrogen (secondary N) is 1. The topological polar surface area (TPSA) is 84.7 Å². The second-order valence-electron chi connectivity index (χ2n) is 5.41. The van der Waals surface area contributed by atoms with E-state index in [1.54, 1.807) is 5.01 Å². The number of carbonyl (C=O) groups excluding carboxylic acids is 2. The Morgan fingerprint density at radius 1 is 1.48 bits per heavy atom. The summed E-state index contributed by atoms with van der Waals surface area (Å²) in [6.07, 6.45) is 0.732. The zero-order valence-corrected chi connectivity index (χ0v) is 12.6. The summed E-state index contributed by atoms with van der Waals surface area (Å²) in [7, 11) is 0. The standard InChI is InChI=1S/C15H21N3O3/c1-4-10-6-5-7-11-12(10)15(20)21-8-18(11)17-13(9(2)3)14(16)19/h5-7,9,13,17H,4,8H2,1-3H3,(H2,16,19)/t13-/m0/s1. The minimum absolute atomic E-state index is 0.0259. The molecule has 1 atom stereocenters. The molecule has 0 aromatic heterocycles. The van der Waals surface area contributed by atoms with Crippen LogP contribution in [0.3, 0.4) is 0 Å². The fraction of sp³-hybridized carbons (Fsp3) is 0.467. The molecule has 0 aliphatic carbocycles. The molecular weight excluding hydrogens is 270 g/mol. The highest BCUT2D eigenvalue weighted by Gasteiger charge is 2.30. The quantitative estimate of drug-likeness (QED) is 0.796. The molecule has 1 heterocycles. The Labute approximate surface area is 124 Å². The maximum Gasteiger partial charge on any atom is 0.342 e. The van der Waals surface area contributed by atoms with E-state index in [1.807, 2.05) is 39.0 Å². The van der Waals surface area contributed by atoms with Gasteiger partial charge in [-0.25, -0.2) is 10.2 Å². The number of hydrazine groups is 1. The first-order valence-electron chi connectivity index (χ1n) is 7.07. The van der Waals surface area contributed by atoms with Gasteiger partial charge >= 0.3 is 5.97 Å². The van der Waals surface area contributed by atoms with Gasteiger partial charge in [0.25, 0.3) is 0 Å². The number of fused-ring (bicyclic) bond motifs is 1. The zero-order valence-electron chi connectivity index (χ0n) is 12.6. The molecule has 0 saturated carbocycles. The van der Waals surface area contributed by atoms with Crippen LogP contribution in [0, 0.1) is 5.92 Å². The van der Waals surface area contributed by atoms with Gasteiger partial charge in [-0.1, -0.05) is 32.9 Å². The van der Waals surface area contributed by atoms with Gasteiger partial charge in [-0.15, -0.1) is 0 Å². The molecular formula is C15H21N3O3. The molecule has 1 aliphatic heterocycles. The maximum atomic E-state index is 12.0. The van der Waals surface area contributed by atoms with E-state index in [2.05, 4.69) is 5.43 Å². The molecule has 21 heavy (non-hydrogen) atoms. The van der Waals surface area contributed by atoms with Gasteiger partial charge in [0, 0.05) is 0 Å². The van der Waals surface area contributed by atoms with Gasteiger partial charge in [-0.3, -0.25) is 9.80 Å². The van der Waals surface area contributed by atoms with Crippen molar-refractivity contribution in [1.82, 2.24) is 5.43 Å². The summed E-state index contributed by atoms with van der Waals surface area (Å²) in [5.74, 6) is -0.742. The van der Waals surface area contributed by atoms with Crippen molar-refractivity contribution in [1.29, 1.82) is 0 Å². The fourth-order valence-corrected chi connectivity index (χ4v) is 2.42. The van der Waals surface area contributed by atoms with Crippen molar-refractivity contribution in [3.63, 3.8) is 0 Å². The van der Waals surface area contributed by atoms with Crippen LogP contribution >= 0.6 is 0 Å². The van der Waals surface area contributed by atoms with Crippen molar-refractivity contribution in [2.75, 3.05) is 11.7 Å². The Morgan fingerprint density at radius 3 is 2.76 bits per heavy atom. The highest BCUT2D eigenvalue weighted by atomic mass is 16.5. The van der Waals surface area contributed by atoms with Crippen LogP contribution in [0.5, 0.6) is 0 Å². The summed E-state index contributed by atoms with van der Waals surface area (Å²) in [6, 6.07) is 5.09. The van der Waals surface area contributed by atoms with E-state index in [1.165, 1.54) is 0 Å². The van der Waals surface area contributed by atoms with Gasteiger partial charge in [0.2, 0.25) is 5.91 Å². The van der Waals surface area contributed by atoms with Crippen LogP contribution < -0.4 is 16.2 Å². The number of cyclic esters (lactones) is 1. The molecule has 1 aromatic carbocycles. The highest BCUT2D eigenvalue weighted by molar-refractivity contribution is 5.99. The monoisotopic (exact) mass is 291 g/mol. The van der Waals surface area contributed by atoms with E-state index >= 15 is 0 Å². The number of amides is 1. The predicted octanol–water partition coefficient (Wildman–Crippen LogP) is 1.20. The average molecular weight is 291 g/mol. The molecule has 0 bridgehead atoms. The summed E-state index contributed by atoms with van der Waals surface area (Å²) >= 11 is 0. The van der Waals surface area contributed by atoms with Gasteiger partial charge in [-0.2, -0.15) is 0 Å². The SMILES string of the molecule is CCc1cccc2c1C(=O)OCN2N[C@H](C(N)=O)C(C)C. The van der Waals surface area contributed by atoms with Crippen molar-refractivity contribution in [3.05, 3.63) is 29.3 Å². The van der Waals surface area contributed by atoms with Crippen LogP contribution in [0.4, 0.5) is 5.69 Å². The number of anilines is 1. The number of esters is 1. The third-order valence-electron chi connectivity index (χ3n) is 3.60. The third-order valence-corrected chi connectivity index (χ3v) is 3.60. The smallest absolute Gasteiger partial charge is 0.342 e. The maximum absolute atomic E-state index is 12.0. The van der Waals surface area contributed by atoms with Crippen molar-refractivity contribution < 1.29 is 14.3 Å². The number of nitrogens with zero attached hydrogens (tertiary/aromatic N) is 1. The number of ether oxygens (including phenoxy) is 1. The number of primary amides is 1. The van der Waals surface area contributed by atoms with Crippen LogP contribution in [0.2, 0.25) is 0 Å². The summed E-state index contributed by atoms with van der Waals surface area (Å²) in [6.45, 7) is 5.84. The molecule has 1 aliphatic rings. The van der Waals surface area contributed by atoms with E-state index < -0.39 is 11.9 Å². The van der Waals surface area contributed by atoms with Gasteiger partial charge in [-0.05, 0) is 24.0 Å². The Bertz CT molecular complexity index is 557. The molecule has 6 nitrogen and oxygen atoms in total. The largest absolute Gasteiger partial charge is 0.439 e. The summed E-state index contributed by atoms with van der Waals surface area (Å²) in [5, 5.41) is 1.67. The minimum Gasteiger partial charge on any atom is -0.439 e. The van der Waals surface area contributed by atoms with Gasteiger partial charge in [0.15, 0.2) is 6.73 Å². The lowest BCUT2D eigenvalue weighted by Gasteiger charge is -2.34. The third kappa shape index (κ3) is 3.00. The molecule has 1 amide bonds. The van der Waals surface area contributed by atoms with Gasteiger partial charge in [0.1, 0.15) is 6.04 Å². The molecule has 2 rings (SSSR count). The van der Waals surface area contributed by atoms with E-state index in [4.69, 9.17) is 10.5 Å². The lowest BCUT2D eigenvalue weighted by Crippen LogP contribution is -2.55. The van der Waals surface area contributed by atoms with Crippen LogP contribution in [-0.4, -0.2) is 24.6 Å². The minimum atomic E-state index is -0.528. The van der Waals surface area contributed by atoms with Gasteiger partial charge in [0.05, 0.1) is 11.3 Å². The molecule has 0 saturated heterocycles. The lowest BCUT2D eigenvalue weighted by atomic mass is 10.0. The Balaban J connectivity index is 2.35. The zero-order chi connectivity index (χ0) is 15.6. The normalized spacial score (nSPS) is 15.6. The highest BCUT2D eigenvalue weighted by Crippen LogP contribution is 2.28. The van der Waals surface area contributed by atoms with Crippen LogP contribution in [0.1, 0.15) is 36.7 Å². The first-order chi connectivity index (χ1) is 9.95. The molecule has 0 unspecified atom stereocenters. The molecule has 6 heteroatoms. The van der Waals surface area contributed by atoms with E-state index in [-0.39, 0.29) is 18.6 Å². The molecule has 0 fully saturated rings. The molecule has 0 spiro atoms. The molecule has 114 valence electrons. The summed E-state index contributed by atoms with van der Waals surface area (Å²) in [5.41, 5.74) is 10.7. The fourth-order valence-electron chi connectivity index (χ4n) is 2.42. The van der Waals surface area contributed by atoms with E-state index in [0.717, 1.165) is 17.7 Å². The number of carbonyl (C=O) groups is 2. The number of aryl methyl sites for hydroxylation is 1. The number of benzene rings is 1. The van der Waals surface area contributed by atoms with Gasteiger partial charge < -0.3 is 10.5 Å². The number of hydrogen-bond donors (Lipinski definition) is 2. The first-order valence-corrected chi connectivity index (χ1v) is 7.07. The number of nitrogens with two attached hydrogens (primary N) is 1. The predicted molar refractivity (Wildman–Crippen MR) is 79.5 cm³/mol. The van der Waals surface area contributed by atoms with E-state index in [0.29, 0.717) is 5.56 Å². The Morgan fingerprint density at radius 2 is 2.19 bits per heavy atom. The number of rotatable bonds is 5. The average Bonchev–Trinajstić information content (AvgIpc) is 2.45. The van der Waals surface area contributed by atoms with E-state index in [9.17, 15) is 9.59 Å². The molecule has 1 aromatic rings.